The molecule has 124 valence electrons. The lowest BCUT2D eigenvalue weighted by Crippen LogP contribution is -2.42. The van der Waals surface area contributed by atoms with Crippen molar-refractivity contribution in [3.8, 4) is 0 Å². The Morgan fingerprint density at radius 2 is 1.96 bits per heavy atom. The highest BCUT2D eigenvalue weighted by Crippen LogP contribution is 2.29. The van der Waals surface area contributed by atoms with Crippen molar-refractivity contribution in [1.29, 1.82) is 0 Å². The number of carbonyl (C=O) groups is 2. The van der Waals surface area contributed by atoms with Gasteiger partial charge in [0.1, 0.15) is 0 Å². The molecule has 2 saturated heterocycles. The van der Waals surface area contributed by atoms with Crippen LogP contribution in [0.1, 0.15) is 46.9 Å². The Morgan fingerprint density at radius 3 is 2.74 bits per heavy atom. The van der Waals surface area contributed by atoms with Gasteiger partial charge in [-0.25, -0.2) is 0 Å². The molecule has 2 atom stereocenters. The van der Waals surface area contributed by atoms with Crippen molar-refractivity contribution >= 4 is 11.8 Å². The van der Waals surface area contributed by atoms with Crippen LogP contribution >= 0.6 is 0 Å². The molecular formula is C18H25N3O2. The highest BCUT2D eigenvalue weighted by atomic mass is 16.2. The third-order valence-electron chi connectivity index (χ3n) is 5.07. The molecule has 2 fully saturated rings. The van der Waals surface area contributed by atoms with Gasteiger partial charge in [-0.15, -0.1) is 0 Å². The quantitative estimate of drug-likeness (QED) is 0.924. The van der Waals surface area contributed by atoms with E-state index in [1.165, 1.54) is 0 Å². The molecule has 1 aromatic carbocycles. The smallest absolute Gasteiger partial charge is 0.254 e. The van der Waals surface area contributed by atoms with E-state index in [4.69, 9.17) is 0 Å². The summed E-state index contributed by atoms with van der Waals surface area (Å²) >= 11 is 0. The van der Waals surface area contributed by atoms with Gasteiger partial charge in [0.15, 0.2) is 0 Å². The molecule has 2 aliphatic rings. The molecule has 2 bridgehead atoms. The van der Waals surface area contributed by atoms with Crippen molar-refractivity contribution in [2.24, 2.45) is 0 Å². The zero-order valence-corrected chi connectivity index (χ0v) is 13.9. The first-order valence-electron chi connectivity index (χ1n) is 8.50. The molecule has 5 nitrogen and oxygen atoms in total. The van der Waals surface area contributed by atoms with E-state index >= 15 is 0 Å². The first-order chi connectivity index (χ1) is 11.1. The van der Waals surface area contributed by atoms with Gasteiger partial charge in [-0.2, -0.15) is 0 Å². The number of hydrogen-bond acceptors (Lipinski definition) is 3. The van der Waals surface area contributed by atoms with Gasteiger partial charge >= 0.3 is 0 Å². The van der Waals surface area contributed by atoms with E-state index in [9.17, 15) is 9.59 Å². The highest BCUT2D eigenvalue weighted by molar-refractivity contribution is 6.00. The minimum atomic E-state index is -0.0392. The molecule has 0 aromatic heterocycles. The van der Waals surface area contributed by atoms with Crippen molar-refractivity contribution in [3.63, 3.8) is 0 Å². The van der Waals surface area contributed by atoms with E-state index in [-0.39, 0.29) is 17.9 Å². The summed E-state index contributed by atoms with van der Waals surface area (Å²) < 4.78 is 0. The SMILES string of the molecule is CCN(C)C(=O)c1cccc(C(=O)N2C3CCNCC2CC3)c1. The van der Waals surface area contributed by atoms with E-state index in [1.54, 1.807) is 24.1 Å². The predicted octanol–water partition coefficient (Wildman–Crippen LogP) is 1.74. The average Bonchev–Trinajstić information content (AvgIpc) is 2.85. The van der Waals surface area contributed by atoms with Gasteiger partial charge in [-0.05, 0) is 50.9 Å². The van der Waals surface area contributed by atoms with E-state index in [0.29, 0.717) is 23.7 Å². The van der Waals surface area contributed by atoms with Crippen LogP contribution in [0.25, 0.3) is 0 Å². The second-order valence-corrected chi connectivity index (χ2v) is 6.49. The van der Waals surface area contributed by atoms with Crippen LogP contribution in [-0.2, 0) is 0 Å². The Kier molecular flexibility index (Phi) is 4.66. The molecule has 2 amide bonds. The Balaban J connectivity index is 1.84. The second-order valence-electron chi connectivity index (χ2n) is 6.49. The zero-order valence-electron chi connectivity index (χ0n) is 13.9. The molecular weight excluding hydrogens is 290 g/mol. The normalized spacial score (nSPS) is 23.5. The summed E-state index contributed by atoms with van der Waals surface area (Å²) in [6, 6.07) is 7.77. The number of hydrogen-bond donors (Lipinski definition) is 1. The van der Waals surface area contributed by atoms with Gasteiger partial charge in [-0.3, -0.25) is 9.59 Å². The fraction of sp³-hybridized carbons (Fsp3) is 0.556. The van der Waals surface area contributed by atoms with Crippen LogP contribution in [0.5, 0.6) is 0 Å². The molecule has 0 spiro atoms. The van der Waals surface area contributed by atoms with Crippen molar-refractivity contribution in [1.82, 2.24) is 15.1 Å². The standard InChI is InChI=1S/C18H25N3O2/c1-3-20(2)17(22)13-5-4-6-14(11-13)18(23)21-15-7-8-16(21)12-19-10-9-15/h4-6,11,15-16,19H,3,7-10,12H2,1-2H3. The van der Waals surface area contributed by atoms with Gasteiger partial charge in [0.05, 0.1) is 0 Å². The maximum Gasteiger partial charge on any atom is 0.254 e. The molecule has 0 radical (unpaired) electrons. The Hall–Kier alpha value is -1.88. The van der Waals surface area contributed by atoms with Crippen molar-refractivity contribution in [3.05, 3.63) is 35.4 Å². The summed E-state index contributed by atoms with van der Waals surface area (Å²) in [6.07, 6.45) is 3.18. The minimum absolute atomic E-state index is 0.0392. The highest BCUT2D eigenvalue weighted by Gasteiger charge is 2.38. The summed E-state index contributed by atoms with van der Waals surface area (Å²) in [7, 11) is 1.78. The summed E-state index contributed by atoms with van der Waals surface area (Å²) in [4.78, 5) is 29.0. The van der Waals surface area contributed by atoms with Gasteiger partial charge in [0.25, 0.3) is 11.8 Å². The van der Waals surface area contributed by atoms with Gasteiger partial charge in [0, 0.05) is 43.3 Å². The lowest BCUT2D eigenvalue weighted by molar-refractivity contribution is 0.0680. The van der Waals surface area contributed by atoms with Crippen molar-refractivity contribution < 1.29 is 9.59 Å². The summed E-state index contributed by atoms with van der Waals surface area (Å²) in [6.45, 7) is 4.44. The topological polar surface area (TPSA) is 52.7 Å². The van der Waals surface area contributed by atoms with E-state index < -0.39 is 0 Å². The maximum absolute atomic E-state index is 13.0. The summed E-state index contributed by atoms with van der Waals surface area (Å²) in [5.74, 6) is 0.0256. The van der Waals surface area contributed by atoms with Crippen LogP contribution in [-0.4, -0.2) is 60.4 Å². The number of fused-ring (bicyclic) bond motifs is 2. The third kappa shape index (κ3) is 3.11. The molecule has 23 heavy (non-hydrogen) atoms. The number of benzene rings is 1. The van der Waals surface area contributed by atoms with E-state index in [1.807, 2.05) is 24.0 Å². The molecule has 2 aliphatic heterocycles. The van der Waals surface area contributed by atoms with Crippen LogP contribution in [0.2, 0.25) is 0 Å². The van der Waals surface area contributed by atoms with Gasteiger partial charge in [0.2, 0.25) is 0 Å². The third-order valence-corrected chi connectivity index (χ3v) is 5.07. The fourth-order valence-electron chi connectivity index (χ4n) is 3.61. The van der Waals surface area contributed by atoms with Crippen LogP contribution in [0.15, 0.2) is 24.3 Å². The fourth-order valence-corrected chi connectivity index (χ4v) is 3.61. The molecule has 1 aromatic rings. The first kappa shape index (κ1) is 16.0. The Bertz CT molecular complexity index is 588. The molecule has 1 N–H and O–H groups in total. The number of carbonyl (C=O) groups excluding carboxylic acids is 2. The maximum atomic E-state index is 13.0. The van der Waals surface area contributed by atoms with Crippen LogP contribution in [0.4, 0.5) is 0 Å². The number of amides is 2. The number of nitrogens with zero attached hydrogens (tertiary/aromatic N) is 2. The van der Waals surface area contributed by atoms with Crippen LogP contribution < -0.4 is 5.32 Å². The molecule has 0 saturated carbocycles. The molecule has 3 rings (SSSR count). The number of nitrogens with one attached hydrogen (secondary N) is 1. The van der Waals surface area contributed by atoms with Gasteiger partial charge in [-0.1, -0.05) is 6.07 Å². The summed E-state index contributed by atoms with van der Waals surface area (Å²) in [5.41, 5.74) is 1.21. The molecule has 2 unspecified atom stereocenters. The van der Waals surface area contributed by atoms with Gasteiger partial charge < -0.3 is 15.1 Å². The Morgan fingerprint density at radius 1 is 1.22 bits per heavy atom. The molecule has 2 heterocycles. The van der Waals surface area contributed by atoms with E-state index in [2.05, 4.69) is 5.32 Å². The van der Waals surface area contributed by atoms with Crippen molar-refractivity contribution in [2.75, 3.05) is 26.7 Å². The largest absolute Gasteiger partial charge is 0.342 e. The Labute approximate surface area is 137 Å². The average molecular weight is 315 g/mol. The zero-order chi connectivity index (χ0) is 16.4. The van der Waals surface area contributed by atoms with E-state index in [0.717, 1.165) is 32.4 Å². The first-order valence-corrected chi connectivity index (χ1v) is 8.50. The molecule has 5 heteroatoms. The molecule has 0 aliphatic carbocycles. The number of rotatable bonds is 3. The van der Waals surface area contributed by atoms with Crippen LogP contribution in [0.3, 0.4) is 0 Å². The lowest BCUT2D eigenvalue weighted by Gasteiger charge is -2.28. The predicted molar refractivity (Wildman–Crippen MR) is 89.5 cm³/mol. The van der Waals surface area contributed by atoms with Crippen molar-refractivity contribution in [2.45, 2.75) is 38.3 Å². The summed E-state index contributed by atoms with van der Waals surface area (Å²) in [5, 5.41) is 3.41. The second kappa shape index (κ2) is 6.71. The minimum Gasteiger partial charge on any atom is -0.342 e. The lowest BCUT2D eigenvalue weighted by atomic mass is 10.1. The van der Waals surface area contributed by atoms with Crippen LogP contribution in [0, 0.1) is 0 Å². The monoisotopic (exact) mass is 315 g/mol.